The Balaban J connectivity index is 1.46. The van der Waals surface area contributed by atoms with Crippen LogP contribution in [0.5, 0.6) is 0 Å². The minimum Gasteiger partial charge on any atom is -0.377 e. The summed E-state index contributed by atoms with van der Waals surface area (Å²) in [5.74, 6) is 3.57. The number of hydrogen-bond donors (Lipinski definition) is 0. The van der Waals surface area contributed by atoms with Gasteiger partial charge in [-0.1, -0.05) is 0 Å². The second-order valence-corrected chi connectivity index (χ2v) is 8.37. The van der Waals surface area contributed by atoms with Crippen LogP contribution in [0.25, 0.3) is 0 Å². The molecule has 21 heavy (non-hydrogen) atoms. The van der Waals surface area contributed by atoms with Gasteiger partial charge in [-0.3, -0.25) is 4.79 Å². The summed E-state index contributed by atoms with van der Waals surface area (Å²) in [7, 11) is 0. The summed E-state index contributed by atoms with van der Waals surface area (Å²) < 4.78 is 5.47. The van der Waals surface area contributed by atoms with Crippen LogP contribution in [-0.4, -0.2) is 42.5 Å². The molecule has 1 amide bonds. The molecular formula is C17H26ClNO2. The van der Waals surface area contributed by atoms with E-state index in [0.717, 1.165) is 30.7 Å². The van der Waals surface area contributed by atoms with Crippen LogP contribution in [-0.2, 0) is 9.53 Å². The smallest absolute Gasteiger partial charge is 0.223 e. The van der Waals surface area contributed by atoms with Crippen LogP contribution >= 0.6 is 11.6 Å². The van der Waals surface area contributed by atoms with Gasteiger partial charge < -0.3 is 9.64 Å². The molecule has 0 spiro atoms. The Kier molecular flexibility index (Phi) is 3.69. The maximum absolute atomic E-state index is 12.9. The van der Waals surface area contributed by atoms with Crippen molar-refractivity contribution in [2.24, 2.45) is 23.2 Å². The zero-order valence-electron chi connectivity index (χ0n) is 12.7. The molecule has 4 heteroatoms. The van der Waals surface area contributed by atoms with Gasteiger partial charge in [-0.15, -0.1) is 11.6 Å². The normalized spacial score (nSPS) is 45.1. The number of amides is 1. The molecule has 5 rings (SSSR count). The lowest BCUT2D eigenvalue weighted by atomic mass is 9.49. The molecule has 1 heterocycles. The highest BCUT2D eigenvalue weighted by Crippen LogP contribution is 2.61. The lowest BCUT2D eigenvalue weighted by Gasteiger charge is -2.57. The summed E-state index contributed by atoms with van der Waals surface area (Å²) in [4.78, 5) is 14.9. The molecule has 0 radical (unpaired) electrons. The molecule has 0 aromatic rings. The molecule has 1 atom stereocenters. The Bertz CT molecular complexity index is 390. The molecule has 0 N–H and O–H groups in total. The molecule has 5 fully saturated rings. The predicted molar refractivity (Wildman–Crippen MR) is 82.3 cm³/mol. The highest BCUT2D eigenvalue weighted by atomic mass is 35.5. The predicted octanol–water partition coefficient (Wildman–Crippen LogP) is 3.06. The molecule has 5 aliphatic rings. The molecule has 118 valence electrons. The first-order valence-electron chi connectivity index (χ1n) is 8.61. The van der Waals surface area contributed by atoms with E-state index in [1.54, 1.807) is 0 Å². The van der Waals surface area contributed by atoms with Crippen LogP contribution < -0.4 is 0 Å². The fraction of sp³-hybridized carbons (Fsp3) is 0.941. The number of hydrogen-bond acceptors (Lipinski definition) is 2. The van der Waals surface area contributed by atoms with E-state index in [-0.39, 0.29) is 6.04 Å². The minimum absolute atomic E-state index is 0.0850. The van der Waals surface area contributed by atoms with Crippen molar-refractivity contribution in [3.05, 3.63) is 0 Å². The number of halogens is 1. The molecule has 4 aliphatic carbocycles. The molecule has 0 aromatic heterocycles. The number of rotatable bonds is 3. The largest absolute Gasteiger partial charge is 0.377 e. The Hall–Kier alpha value is -0.280. The van der Waals surface area contributed by atoms with Crippen molar-refractivity contribution in [3.8, 4) is 0 Å². The summed E-state index contributed by atoms with van der Waals surface area (Å²) >= 11 is 6.02. The standard InChI is InChI=1S/C17H26ClNO2/c18-10-15-11-21-2-1-19(15)16(20)9-17-6-12-3-13(7-17)5-14(4-12)8-17/h12-15H,1-11H2. The number of carbonyl (C=O) groups is 1. The van der Waals surface area contributed by atoms with Gasteiger partial charge in [-0.25, -0.2) is 0 Å². The average molecular weight is 312 g/mol. The van der Waals surface area contributed by atoms with Gasteiger partial charge in [0.1, 0.15) is 0 Å². The topological polar surface area (TPSA) is 29.5 Å². The van der Waals surface area contributed by atoms with Gasteiger partial charge in [0.2, 0.25) is 5.91 Å². The van der Waals surface area contributed by atoms with E-state index < -0.39 is 0 Å². The van der Waals surface area contributed by atoms with E-state index in [4.69, 9.17) is 16.3 Å². The number of morpholine rings is 1. The van der Waals surface area contributed by atoms with E-state index in [2.05, 4.69) is 0 Å². The lowest BCUT2D eigenvalue weighted by molar-refractivity contribution is -0.146. The van der Waals surface area contributed by atoms with E-state index in [9.17, 15) is 4.79 Å². The summed E-state index contributed by atoms with van der Waals surface area (Å²) in [6, 6.07) is 0.0850. The third-order valence-electron chi connectivity index (χ3n) is 6.42. The second kappa shape index (κ2) is 5.42. The van der Waals surface area contributed by atoms with Crippen LogP contribution in [0.4, 0.5) is 0 Å². The quantitative estimate of drug-likeness (QED) is 0.750. The molecule has 4 saturated carbocycles. The van der Waals surface area contributed by atoms with Crippen LogP contribution in [0.1, 0.15) is 44.9 Å². The zero-order valence-corrected chi connectivity index (χ0v) is 13.5. The lowest BCUT2D eigenvalue weighted by Crippen LogP contribution is -2.53. The Morgan fingerprint density at radius 1 is 1.14 bits per heavy atom. The molecule has 4 bridgehead atoms. The number of ether oxygens (including phenoxy) is 1. The van der Waals surface area contributed by atoms with Crippen molar-refractivity contribution in [1.82, 2.24) is 4.90 Å². The minimum atomic E-state index is 0.0850. The van der Waals surface area contributed by atoms with Gasteiger partial charge >= 0.3 is 0 Å². The van der Waals surface area contributed by atoms with E-state index in [0.29, 0.717) is 30.4 Å². The molecule has 1 unspecified atom stereocenters. The van der Waals surface area contributed by atoms with Crippen molar-refractivity contribution in [1.29, 1.82) is 0 Å². The van der Waals surface area contributed by atoms with Crippen molar-refractivity contribution < 1.29 is 9.53 Å². The fourth-order valence-corrected chi connectivity index (χ4v) is 6.30. The first-order valence-corrected chi connectivity index (χ1v) is 9.14. The van der Waals surface area contributed by atoms with E-state index in [1.165, 1.54) is 38.5 Å². The first kappa shape index (κ1) is 14.3. The highest BCUT2D eigenvalue weighted by Gasteiger charge is 2.52. The second-order valence-electron chi connectivity index (χ2n) is 8.06. The Morgan fingerprint density at radius 3 is 2.33 bits per heavy atom. The SMILES string of the molecule is O=C(CC12CC3CC(CC(C3)C1)C2)N1CCOCC1CCl. The number of nitrogens with zero attached hydrogens (tertiary/aromatic N) is 1. The maximum atomic E-state index is 12.9. The summed E-state index contributed by atoms with van der Waals surface area (Å²) in [5.41, 5.74) is 0.334. The Morgan fingerprint density at radius 2 is 1.76 bits per heavy atom. The number of alkyl halides is 1. The van der Waals surface area contributed by atoms with Gasteiger partial charge in [0.25, 0.3) is 0 Å². The summed E-state index contributed by atoms with van der Waals surface area (Å²) in [6.45, 7) is 2.00. The molecule has 1 aliphatic heterocycles. The van der Waals surface area contributed by atoms with Crippen molar-refractivity contribution >= 4 is 17.5 Å². The van der Waals surface area contributed by atoms with Crippen LogP contribution in [0.15, 0.2) is 0 Å². The van der Waals surface area contributed by atoms with Crippen LogP contribution in [0, 0.1) is 23.2 Å². The fourth-order valence-electron chi connectivity index (χ4n) is 6.04. The van der Waals surface area contributed by atoms with Crippen molar-refractivity contribution in [2.75, 3.05) is 25.6 Å². The average Bonchev–Trinajstić information content (AvgIpc) is 2.45. The van der Waals surface area contributed by atoms with Gasteiger partial charge in [0.15, 0.2) is 0 Å². The monoisotopic (exact) mass is 311 g/mol. The van der Waals surface area contributed by atoms with Gasteiger partial charge in [0, 0.05) is 18.8 Å². The maximum Gasteiger partial charge on any atom is 0.223 e. The first-order chi connectivity index (χ1) is 10.2. The van der Waals surface area contributed by atoms with Crippen molar-refractivity contribution in [3.63, 3.8) is 0 Å². The molecule has 1 saturated heterocycles. The van der Waals surface area contributed by atoms with Gasteiger partial charge in [0.05, 0.1) is 19.3 Å². The summed E-state index contributed by atoms with van der Waals surface area (Å²) in [5, 5.41) is 0. The van der Waals surface area contributed by atoms with Gasteiger partial charge in [-0.05, 0) is 61.7 Å². The van der Waals surface area contributed by atoms with Crippen molar-refractivity contribution in [2.45, 2.75) is 51.0 Å². The van der Waals surface area contributed by atoms with Crippen LogP contribution in [0.2, 0.25) is 0 Å². The van der Waals surface area contributed by atoms with E-state index >= 15 is 0 Å². The zero-order chi connectivity index (χ0) is 14.4. The summed E-state index contributed by atoms with van der Waals surface area (Å²) in [6.07, 6.45) is 9.01. The third kappa shape index (κ3) is 2.61. The highest BCUT2D eigenvalue weighted by molar-refractivity contribution is 6.18. The number of carbonyl (C=O) groups excluding carboxylic acids is 1. The molecular weight excluding hydrogens is 286 g/mol. The molecule has 0 aromatic carbocycles. The van der Waals surface area contributed by atoms with Crippen LogP contribution in [0.3, 0.4) is 0 Å². The van der Waals surface area contributed by atoms with E-state index in [1.807, 2.05) is 4.90 Å². The molecule has 3 nitrogen and oxygen atoms in total. The van der Waals surface area contributed by atoms with Gasteiger partial charge in [-0.2, -0.15) is 0 Å². The third-order valence-corrected chi connectivity index (χ3v) is 6.77. The Labute approximate surface area is 132 Å².